The average Bonchev–Trinajstić information content (AvgIpc) is 2.84. The summed E-state index contributed by atoms with van der Waals surface area (Å²) in [7, 11) is -3.95. The third kappa shape index (κ3) is 3.72. The molecule has 1 heterocycles. The Morgan fingerprint density at radius 1 is 1.48 bits per heavy atom. The van der Waals surface area contributed by atoms with Gasteiger partial charge in [-0.15, -0.1) is 0 Å². The van der Waals surface area contributed by atoms with Crippen molar-refractivity contribution in [2.24, 2.45) is 0 Å². The molecule has 1 aromatic rings. The topological polar surface area (TPSA) is 113 Å². The van der Waals surface area contributed by atoms with E-state index in [0.29, 0.717) is 13.0 Å². The maximum absolute atomic E-state index is 12.1. The average molecular weight is 336 g/mol. The first kappa shape index (κ1) is 16.2. The van der Waals surface area contributed by atoms with Crippen molar-refractivity contribution in [3.05, 3.63) is 28.8 Å². The summed E-state index contributed by atoms with van der Waals surface area (Å²) in [5, 5.41) is 18.9. The minimum Gasteiger partial charge on any atom is -0.478 e. The molecule has 1 saturated heterocycles. The number of hydrogen-bond acceptors (Lipinski definition) is 5. The fourth-order valence-electron chi connectivity index (χ4n) is 1.88. The van der Waals surface area contributed by atoms with E-state index in [2.05, 4.69) is 4.72 Å². The van der Waals surface area contributed by atoms with Crippen molar-refractivity contribution < 1.29 is 28.2 Å². The van der Waals surface area contributed by atoms with Gasteiger partial charge in [0.1, 0.15) is 5.60 Å². The maximum Gasteiger partial charge on any atom is 0.337 e. The zero-order chi connectivity index (χ0) is 15.7. The Hall–Kier alpha value is -1.19. The number of ether oxygens (including phenoxy) is 1. The lowest BCUT2D eigenvalue weighted by Crippen LogP contribution is -2.43. The molecule has 1 aromatic carbocycles. The van der Waals surface area contributed by atoms with Gasteiger partial charge in [-0.25, -0.2) is 17.9 Å². The molecule has 21 heavy (non-hydrogen) atoms. The molecule has 0 amide bonds. The molecule has 1 unspecified atom stereocenters. The highest BCUT2D eigenvalue weighted by atomic mass is 35.5. The lowest BCUT2D eigenvalue weighted by atomic mass is 10.1. The monoisotopic (exact) mass is 335 g/mol. The Balaban J connectivity index is 2.19. The van der Waals surface area contributed by atoms with Crippen LogP contribution in [0.4, 0.5) is 0 Å². The highest BCUT2D eigenvalue weighted by Crippen LogP contribution is 2.22. The smallest absolute Gasteiger partial charge is 0.337 e. The molecule has 116 valence electrons. The summed E-state index contributed by atoms with van der Waals surface area (Å²) in [5.74, 6) is -1.32. The molecule has 7 nitrogen and oxygen atoms in total. The van der Waals surface area contributed by atoms with E-state index in [9.17, 15) is 18.3 Å². The quantitative estimate of drug-likeness (QED) is 0.721. The van der Waals surface area contributed by atoms with Gasteiger partial charge < -0.3 is 14.9 Å². The number of halogens is 1. The van der Waals surface area contributed by atoms with E-state index in [1.807, 2.05) is 0 Å². The van der Waals surface area contributed by atoms with Crippen LogP contribution in [-0.4, -0.2) is 50.0 Å². The molecule has 0 radical (unpaired) electrons. The number of benzene rings is 1. The van der Waals surface area contributed by atoms with Gasteiger partial charge in [-0.2, -0.15) is 0 Å². The molecule has 1 fully saturated rings. The largest absolute Gasteiger partial charge is 0.478 e. The summed E-state index contributed by atoms with van der Waals surface area (Å²) >= 11 is 5.69. The molecule has 0 aromatic heterocycles. The Labute approximate surface area is 126 Å². The molecule has 1 aliphatic rings. The van der Waals surface area contributed by atoms with Crippen molar-refractivity contribution in [2.75, 3.05) is 19.8 Å². The van der Waals surface area contributed by atoms with Crippen molar-refractivity contribution in [3.8, 4) is 0 Å². The fourth-order valence-corrected chi connectivity index (χ4v) is 3.23. The predicted octanol–water partition coefficient (Wildman–Crippen LogP) is 0.468. The summed E-state index contributed by atoms with van der Waals surface area (Å²) in [6, 6.07) is 3.38. The number of nitrogens with one attached hydrogen (secondary N) is 1. The van der Waals surface area contributed by atoms with E-state index in [-0.39, 0.29) is 28.6 Å². The van der Waals surface area contributed by atoms with Crippen LogP contribution in [0.1, 0.15) is 16.8 Å². The Kier molecular flexibility index (Phi) is 4.54. The second-order valence-corrected chi connectivity index (χ2v) is 6.97. The standard InChI is InChI=1S/C12H14ClNO6S/c13-10-2-1-8(5-9(10)11(15)16)21(18,19)14-6-12(17)3-4-20-7-12/h1-2,5,14,17H,3-4,6-7H2,(H,15,16). The van der Waals surface area contributed by atoms with E-state index in [4.69, 9.17) is 21.4 Å². The molecule has 1 aliphatic heterocycles. The number of carboxylic acids is 1. The number of aliphatic hydroxyl groups is 1. The van der Waals surface area contributed by atoms with Gasteiger partial charge in [-0.3, -0.25) is 0 Å². The van der Waals surface area contributed by atoms with Crippen LogP contribution in [0.3, 0.4) is 0 Å². The number of carbonyl (C=O) groups is 1. The van der Waals surface area contributed by atoms with Gasteiger partial charge in [0, 0.05) is 19.6 Å². The van der Waals surface area contributed by atoms with Gasteiger partial charge in [-0.1, -0.05) is 11.6 Å². The van der Waals surface area contributed by atoms with Crippen LogP contribution in [0.15, 0.2) is 23.1 Å². The van der Waals surface area contributed by atoms with Crippen LogP contribution in [0.2, 0.25) is 5.02 Å². The first-order chi connectivity index (χ1) is 9.73. The van der Waals surface area contributed by atoms with E-state index in [1.54, 1.807) is 0 Å². The minimum atomic E-state index is -3.95. The number of carboxylic acid groups (broad SMARTS) is 1. The summed E-state index contributed by atoms with van der Waals surface area (Å²) in [6.45, 7) is 0.208. The highest BCUT2D eigenvalue weighted by molar-refractivity contribution is 7.89. The molecule has 9 heteroatoms. The highest BCUT2D eigenvalue weighted by Gasteiger charge is 2.33. The molecular formula is C12H14ClNO6S. The number of aromatic carboxylic acids is 1. The van der Waals surface area contributed by atoms with Crippen molar-refractivity contribution in [1.82, 2.24) is 4.72 Å². The maximum atomic E-state index is 12.1. The Morgan fingerprint density at radius 3 is 2.76 bits per heavy atom. The van der Waals surface area contributed by atoms with E-state index >= 15 is 0 Å². The molecule has 0 saturated carbocycles. The van der Waals surface area contributed by atoms with Crippen LogP contribution < -0.4 is 4.72 Å². The first-order valence-electron chi connectivity index (χ1n) is 6.06. The van der Waals surface area contributed by atoms with E-state index in [0.717, 1.165) is 6.07 Å². The van der Waals surface area contributed by atoms with E-state index < -0.39 is 21.6 Å². The van der Waals surface area contributed by atoms with Crippen LogP contribution >= 0.6 is 11.6 Å². The Bertz CT molecular complexity index is 654. The number of rotatable bonds is 5. The molecule has 2 rings (SSSR count). The second-order valence-electron chi connectivity index (χ2n) is 4.80. The first-order valence-corrected chi connectivity index (χ1v) is 7.92. The minimum absolute atomic E-state index is 0.0516. The predicted molar refractivity (Wildman–Crippen MR) is 74.0 cm³/mol. The third-order valence-electron chi connectivity index (χ3n) is 3.15. The summed E-state index contributed by atoms with van der Waals surface area (Å²) < 4.78 is 31.5. The zero-order valence-electron chi connectivity index (χ0n) is 10.9. The van der Waals surface area contributed by atoms with Gasteiger partial charge in [0.25, 0.3) is 0 Å². The van der Waals surface area contributed by atoms with Crippen molar-refractivity contribution >= 4 is 27.6 Å². The second kappa shape index (κ2) is 5.90. The Morgan fingerprint density at radius 2 is 2.19 bits per heavy atom. The van der Waals surface area contributed by atoms with Crippen LogP contribution in [-0.2, 0) is 14.8 Å². The molecule has 3 N–H and O–H groups in total. The van der Waals surface area contributed by atoms with Gasteiger partial charge in [0.05, 0.1) is 22.1 Å². The summed E-state index contributed by atoms with van der Waals surface area (Å²) in [6.07, 6.45) is 0.330. The van der Waals surface area contributed by atoms with Gasteiger partial charge >= 0.3 is 5.97 Å². The molecule has 0 aliphatic carbocycles. The van der Waals surface area contributed by atoms with Crippen LogP contribution in [0, 0.1) is 0 Å². The normalized spacial score (nSPS) is 22.4. The van der Waals surface area contributed by atoms with E-state index in [1.165, 1.54) is 12.1 Å². The zero-order valence-corrected chi connectivity index (χ0v) is 12.4. The van der Waals surface area contributed by atoms with Crippen LogP contribution in [0.25, 0.3) is 0 Å². The van der Waals surface area contributed by atoms with Crippen LogP contribution in [0.5, 0.6) is 0 Å². The van der Waals surface area contributed by atoms with Crippen molar-refractivity contribution in [2.45, 2.75) is 16.9 Å². The van der Waals surface area contributed by atoms with Crippen molar-refractivity contribution in [1.29, 1.82) is 0 Å². The van der Waals surface area contributed by atoms with Crippen molar-refractivity contribution in [3.63, 3.8) is 0 Å². The molecule has 1 atom stereocenters. The fraction of sp³-hybridized carbons (Fsp3) is 0.417. The molecule has 0 spiro atoms. The number of sulfonamides is 1. The van der Waals surface area contributed by atoms with Gasteiger partial charge in [0.2, 0.25) is 10.0 Å². The number of hydrogen-bond donors (Lipinski definition) is 3. The molecular weight excluding hydrogens is 322 g/mol. The van der Waals surface area contributed by atoms with Gasteiger partial charge in [-0.05, 0) is 18.2 Å². The third-order valence-corrected chi connectivity index (χ3v) is 4.88. The SMILES string of the molecule is O=C(O)c1cc(S(=O)(=O)NCC2(O)CCOC2)ccc1Cl. The lowest BCUT2D eigenvalue weighted by Gasteiger charge is -2.20. The summed E-state index contributed by atoms with van der Waals surface area (Å²) in [5.41, 5.74) is -1.54. The molecule has 0 bridgehead atoms. The summed E-state index contributed by atoms with van der Waals surface area (Å²) in [4.78, 5) is 10.7. The van der Waals surface area contributed by atoms with Gasteiger partial charge in [0.15, 0.2) is 0 Å². The lowest BCUT2D eigenvalue weighted by molar-refractivity contribution is 0.0314.